The van der Waals surface area contributed by atoms with Crippen molar-refractivity contribution in [3.05, 3.63) is 41.1 Å². The van der Waals surface area contributed by atoms with E-state index in [1.165, 1.54) is 6.20 Å². The fourth-order valence-corrected chi connectivity index (χ4v) is 1.08. The smallest absolute Gasteiger partial charge is 0.364 e. The molecule has 4 nitrogen and oxygen atoms in total. The minimum Gasteiger partial charge on any atom is -0.476 e. The molecule has 2 rings (SSSR count). The van der Waals surface area contributed by atoms with Gasteiger partial charge < -0.3 is 10.1 Å². The van der Waals surface area contributed by atoms with E-state index in [1.54, 1.807) is 5.38 Å². The van der Waals surface area contributed by atoms with Crippen LogP contribution in [-0.4, -0.2) is 21.0 Å². The molecule has 2 aromatic heterocycles. The summed E-state index contributed by atoms with van der Waals surface area (Å²) >= 11 is 1.12. The summed E-state index contributed by atoms with van der Waals surface area (Å²) in [6.07, 6.45) is 5.22. The van der Waals surface area contributed by atoms with E-state index >= 15 is 0 Å². The summed E-state index contributed by atoms with van der Waals surface area (Å²) < 4.78 is 0. The number of H-pyrrole nitrogens is 1. The summed E-state index contributed by atoms with van der Waals surface area (Å²) in [6.45, 7) is 0. The van der Waals surface area contributed by atoms with Gasteiger partial charge in [-0.2, -0.15) is 0 Å². The Morgan fingerprint density at radius 2 is 2.15 bits per heavy atom. The molecule has 0 atom stereocenters. The van der Waals surface area contributed by atoms with Crippen molar-refractivity contribution in [2.45, 2.75) is 0 Å². The highest BCUT2D eigenvalue weighted by Gasteiger charge is 2.01. The third-order valence-electron chi connectivity index (χ3n) is 1.11. The molecule has 2 heterocycles. The van der Waals surface area contributed by atoms with Gasteiger partial charge in [-0.3, -0.25) is 0 Å². The van der Waals surface area contributed by atoms with Gasteiger partial charge in [-0.1, -0.05) is 0 Å². The van der Waals surface area contributed by atoms with E-state index in [-0.39, 0.29) is 5.01 Å². The van der Waals surface area contributed by atoms with Gasteiger partial charge in [0, 0.05) is 24.0 Å². The van der Waals surface area contributed by atoms with Crippen molar-refractivity contribution in [3.63, 3.8) is 0 Å². The van der Waals surface area contributed by atoms with Crippen LogP contribution in [0.4, 0.5) is 0 Å². The number of carboxylic acids is 1. The molecule has 0 aliphatic rings. The zero-order chi connectivity index (χ0) is 9.52. The molecule has 0 bridgehead atoms. The first-order chi connectivity index (χ1) is 6.30. The van der Waals surface area contributed by atoms with Gasteiger partial charge in [0.05, 0.1) is 0 Å². The van der Waals surface area contributed by atoms with E-state index in [0.29, 0.717) is 0 Å². The number of aromatic carboxylic acids is 1. The highest BCUT2D eigenvalue weighted by molar-refractivity contribution is 7.11. The number of carboxylic acid groups (broad SMARTS) is 1. The van der Waals surface area contributed by atoms with E-state index in [9.17, 15) is 4.79 Å². The third-order valence-corrected chi connectivity index (χ3v) is 1.87. The topological polar surface area (TPSA) is 66.0 Å². The summed E-state index contributed by atoms with van der Waals surface area (Å²) in [5, 5.41) is 9.99. The second-order valence-corrected chi connectivity index (χ2v) is 2.92. The van der Waals surface area contributed by atoms with Crippen LogP contribution < -0.4 is 0 Å². The zero-order valence-corrected chi connectivity index (χ0v) is 7.49. The predicted octanol–water partition coefficient (Wildman–Crippen LogP) is 1.86. The first-order valence-electron chi connectivity index (χ1n) is 3.51. The molecule has 0 aromatic carbocycles. The molecular formula is C8H8N2O2S. The lowest BCUT2D eigenvalue weighted by Gasteiger charge is -1.77. The van der Waals surface area contributed by atoms with Gasteiger partial charge in [-0.25, -0.2) is 9.78 Å². The molecule has 0 aliphatic carbocycles. The van der Waals surface area contributed by atoms with Crippen molar-refractivity contribution < 1.29 is 9.90 Å². The van der Waals surface area contributed by atoms with Gasteiger partial charge in [-0.05, 0) is 12.1 Å². The van der Waals surface area contributed by atoms with Crippen LogP contribution in [0.5, 0.6) is 0 Å². The van der Waals surface area contributed by atoms with Gasteiger partial charge in [0.15, 0.2) is 0 Å². The number of carbonyl (C=O) groups is 1. The minimum atomic E-state index is -0.958. The summed E-state index contributed by atoms with van der Waals surface area (Å²) in [4.78, 5) is 16.4. The standard InChI is InChI=1S/C4H3NO2S.C4H5N/c6-4(7)3-5-1-2-8-3;1-2-4-5-3-1/h1-2H,(H,6,7);1-5H. The Morgan fingerprint density at radius 1 is 1.46 bits per heavy atom. The Kier molecular flexibility index (Phi) is 3.72. The van der Waals surface area contributed by atoms with E-state index < -0.39 is 5.97 Å². The molecule has 0 saturated heterocycles. The van der Waals surface area contributed by atoms with Crippen LogP contribution in [-0.2, 0) is 0 Å². The number of hydrogen-bond donors (Lipinski definition) is 2. The Labute approximate surface area is 78.9 Å². The number of nitrogens with one attached hydrogen (secondary N) is 1. The number of rotatable bonds is 1. The second kappa shape index (κ2) is 5.10. The third kappa shape index (κ3) is 3.53. The highest BCUT2D eigenvalue weighted by Crippen LogP contribution is 2.01. The monoisotopic (exact) mass is 196 g/mol. The molecule has 0 unspecified atom stereocenters. The molecular weight excluding hydrogens is 188 g/mol. The second-order valence-electron chi connectivity index (χ2n) is 2.03. The quantitative estimate of drug-likeness (QED) is 0.731. The van der Waals surface area contributed by atoms with Crippen molar-refractivity contribution in [2.75, 3.05) is 0 Å². The first kappa shape index (κ1) is 9.47. The van der Waals surface area contributed by atoms with Crippen LogP contribution in [0.2, 0.25) is 0 Å². The van der Waals surface area contributed by atoms with Gasteiger partial charge in [0.1, 0.15) is 0 Å². The average Bonchev–Trinajstić information content (AvgIpc) is 2.82. The van der Waals surface area contributed by atoms with Crippen molar-refractivity contribution in [1.29, 1.82) is 0 Å². The van der Waals surface area contributed by atoms with Crippen LogP contribution in [0.1, 0.15) is 9.80 Å². The lowest BCUT2D eigenvalue weighted by Crippen LogP contribution is -1.92. The van der Waals surface area contributed by atoms with Gasteiger partial charge in [0.2, 0.25) is 5.01 Å². The van der Waals surface area contributed by atoms with Crippen molar-refractivity contribution in [3.8, 4) is 0 Å². The average molecular weight is 196 g/mol. The first-order valence-corrected chi connectivity index (χ1v) is 4.39. The van der Waals surface area contributed by atoms with Gasteiger partial charge >= 0.3 is 5.97 Å². The predicted molar refractivity (Wildman–Crippen MR) is 49.9 cm³/mol. The molecule has 0 fully saturated rings. The Balaban J connectivity index is 0.000000145. The normalized spacial score (nSPS) is 8.62. The van der Waals surface area contributed by atoms with Gasteiger partial charge in [0.25, 0.3) is 0 Å². The lowest BCUT2D eigenvalue weighted by molar-refractivity contribution is 0.0696. The van der Waals surface area contributed by atoms with Crippen molar-refractivity contribution in [2.24, 2.45) is 0 Å². The zero-order valence-electron chi connectivity index (χ0n) is 6.68. The SMILES string of the molecule is O=C(O)c1nccs1.c1cc[nH]c1. The molecule has 0 amide bonds. The maximum atomic E-state index is 10.0. The molecule has 68 valence electrons. The van der Waals surface area contributed by atoms with Crippen LogP contribution in [0.15, 0.2) is 36.1 Å². The molecule has 5 heteroatoms. The number of aromatic nitrogens is 2. The molecule has 0 radical (unpaired) electrons. The Bertz CT molecular complexity index is 312. The number of aromatic amines is 1. The van der Waals surface area contributed by atoms with E-state index in [2.05, 4.69) is 9.97 Å². The largest absolute Gasteiger partial charge is 0.476 e. The van der Waals surface area contributed by atoms with E-state index in [4.69, 9.17) is 5.11 Å². The fourth-order valence-electron chi connectivity index (χ4n) is 0.607. The maximum absolute atomic E-state index is 10.0. The van der Waals surface area contributed by atoms with Crippen molar-refractivity contribution >= 4 is 17.3 Å². The van der Waals surface area contributed by atoms with Crippen LogP contribution in [0.25, 0.3) is 0 Å². The summed E-state index contributed by atoms with van der Waals surface area (Å²) in [5.74, 6) is -0.958. The Hall–Kier alpha value is -1.62. The fraction of sp³-hybridized carbons (Fsp3) is 0. The van der Waals surface area contributed by atoms with E-state index in [0.717, 1.165) is 11.3 Å². The molecule has 2 N–H and O–H groups in total. The maximum Gasteiger partial charge on any atom is 0.364 e. The van der Waals surface area contributed by atoms with Crippen molar-refractivity contribution in [1.82, 2.24) is 9.97 Å². The summed E-state index contributed by atoms with van der Waals surface area (Å²) in [6, 6.07) is 3.89. The summed E-state index contributed by atoms with van der Waals surface area (Å²) in [5.41, 5.74) is 0. The number of nitrogens with zero attached hydrogens (tertiary/aromatic N) is 1. The molecule has 13 heavy (non-hydrogen) atoms. The Morgan fingerprint density at radius 3 is 2.38 bits per heavy atom. The van der Waals surface area contributed by atoms with Crippen LogP contribution >= 0.6 is 11.3 Å². The molecule has 0 spiro atoms. The minimum absolute atomic E-state index is 0.144. The number of thiazole rings is 1. The highest BCUT2D eigenvalue weighted by atomic mass is 32.1. The van der Waals surface area contributed by atoms with Gasteiger partial charge in [-0.15, -0.1) is 11.3 Å². The van der Waals surface area contributed by atoms with Crippen LogP contribution in [0, 0.1) is 0 Å². The molecule has 0 aliphatic heterocycles. The molecule has 0 saturated carbocycles. The van der Waals surface area contributed by atoms with Crippen LogP contribution in [0.3, 0.4) is 0 Å². The number of hydrogen-bond acceptors (Lipinski definition) is 3. The lowest BCUT2D eigenvalue weighted by atomic mass is 10.7. The summed E-state index contributed by atoms with van der Waals surface area (Å²) in [7, 11) is 0. The molecule has 2 aromatic rings. The van der Waals surface area contributed by atoms with E-state index in [1.807, 2.05) is 24.5 Å².